The lowest BCUT2D eigenvalue weighted by Crippen LogP contribution is -2.34. The van der Waals surface area contributed by atoms with Gasteiger partial charge in [0.15, 0.2) is 5.84 Å². The fourth-order valence-electron chi connectivity index (χ4n) is 9.35. The Morgan fingerprint density at radius 3 is 1.74 bits per heavy atom. The highest BCUT2D eigenvalue weighted by molar-refractivity contribution is 6.37. The van der Waals surface area contributed by atoms with E-state index in [1.54, 1.807) is 0 Å². The first kappa shape index (κ1) is 31.8. The Morgan fingerprint density at radius 2 is 0.982 bits per heavy atom. The van der Waals surface area contributed by atoms with Gasteiger partial charge in [0, 0.05) is 43.9 Å². The number of amidine groups is 2. The summed E-state index contributed by atoms with van der Waals surface area (Å²) in [5.41, 5.74) is 6.75. The van der Waals surface area contributed by atoms with Crippen LogP contribution in [0.1, 0.15) is 22.9 Å². The first-order valence-corrected chi connectivity index (χ1v) is 19.5. The van der Waals surface area contributed by atoms with E-state index in [0.29, 0.717) is 5.84 Å². The van der Waals surface area contributed by atoms with Crippen LogP contribution in [0, 0.1) is 0 Å². The third kappa shape index (κ3) is 4.81. The Balaban J connectivity index is 1.18. The topological polar surface area (TPSA) is 41.7 Å². The Bertz CT molecular complexity index is 3490. The number of aromatic nitrogens is 1. The minimum atomic E-state index is -0.417. The summed E-state index contributed by atoms with van der Waals surface area (Å²) in [5, 5.41) is 18.3. The first-order chi connectivity index (χ1) is 28.3. The average molecular weight is 727 g/mol. The lowest BCUT2D eigenvalue weighted by atomic mass is 9.89. The van der Waals surface area contributed by atoms with Crippen LogP contribution in [0.2, 0.25) is 0 Å². The summed E-state index contributed by atoms with van der Waals surface area (Å²) in [4.78, 5) is 10.9. The molecule has 2 heterocycles. The molecule has 0 saturated carbocycles. The molecule has 0 saturated heterocycles. The molecule has 0 aliphatic carbocycles. The summed E-state index contributed by atoms with van der Waals surface area (Å²) >= 11 is 0. The maximum atomic E-state index is 5.54. The summed E-state index contributed by atoms with van der Waals surface area (Å²) in [6.07, 6.45) is -0.417. The van der Waals surface area contributed by atoms with Gasteiger partial charge in [-0.05, 0) is 67.4 Å². The zero-order valence-electron chi connectivity index (χ0n) is 30.9. The van der Waals surface area contributed by atoms with Crippen LogP contribution in [0.5, 0.6) is 0 Å². The molecule has 1 unspecified atom stereocenters. The second kappa shape index (κ2) is 12.5. The van der Waals surface area contributed by atoms with Crippen molar-refractivity contribution in [1.29, 1.82) is 0 Å². The van der Waals surface area contributed by atoms with Gasteiger partial charge in [0.25, 0.3) is 0 Å². The van der Waals surface area contributed by atoms with Crippen molar-refractivity contribution in [2.45, 2.75) is 6.17 Å². The molecule has 1 aliphatic heterocycles. The summed E-state index contributed by atoms with van der Waals surface area (Å²) in [6.45, 7) is 0. The molecule has 1 aliphatic rings. The number of hydrogen-bond donors (Lipinski definition) is 1. The maximum Gasteiger partial charge on any atom is 0.160 e. The highest BCUT2D eigenvalue weighted by Gasteiger charge is 2.27. The molecule has 0 bridgehead atoms. The predicted octanol–water partition coefficient (Wildman–Crippen LogP) is 13.0. The Morgan fingerprint density at radius 1 is 0.421 bits per heavy atom. The number of aliphatic imine (C=N–C) groups is 2. The van der Waals surface area contributed by atoms with Crippen LogP contribution in [0.4, 0.5) is 0 Å². The predicted molar refractivity (Wildman–Crippen MR) is 240 cm³/mol. The number of benzene rings is 10. The molecule has 0 spiro atoms. The molecule has 0 amide bonds. The fraction of sp³-hybridized carbons (Fsp3) is 0.0189. The van der Waals surface area contributed by atoms with Crippen molar-refractivity contribution in [3.05, 3.63) is 211 Å². The summed E-state index contributed by atoms with van der Waals surface area (Å²) < 4.78 is 2.45. The number of para-hydroxylation sites is 2. The molecule has 1 N–H and O–H groups in total. The van der Waals surface area contributed by atoms with Crippen molar-refractivity contribution < 1.29 is 0 Å². The molecule has 57 heavy (non-hydrogen) atoms. The monoisotopic (exact) mass is 726 g/mol. The number of nitrogens with one attached hydrogen (secondary N) is 1. The zero-order valence-corrected chi connectivity index (χ0v) is 30.9. The van der Waals surface area contributed by atoms with E-state index in [9.17, 15) is 0 Å². The van der Waals surface area contributed by atoms with Crippen LogP contribution in [-0.4, -0.2) is 16.2 Å². The van der Waals surface area contributed by atoms with Gasteiger partial charge in [-0.1, -0.05) is 170 Å². The minimum absolute atomic E-state index is 0.417. The van der Waals surface area contributed by atoms with E-state index in [1.807, 2.05) is 0 Å². The Labute approximate surface area is 328 Å². The smallest absolute Gasteiger partial charge is 0.160 e. The van der Waals surface area contributed by atoms with E-state index in [0.717, 1.165) is 49.8 Å². The molecule has 0 fully saturated rings. The summed E-state index contributed by atoms with van der Waals surface area (Å²) in [7, 11) is 0. The van der Waals surface area contributed by atoms with E-state index in [4.69, 9.17) is 9.98 Å². The van der Waals surface area contributed by atoms with Crippen molar-refractivity contribution in [2.75, 3.05) is 0 Å². The van der Waals surface area contributed by atoms with Gasteiger partial charge in [-0.3, -0.25) is 0 Å². The highest BCUT2D eigenvalue weighted by Crippen LogP contribution is 2.46. The molecule has 10 aromatic carbocycles. The second-order valence-corrected chi connectivity index (χ2v) is 14.9. The summed E-state index contributed by atoms with van der Waals surface area (Å²) in [6, 6.07) is 69.7. The highest BCUT2D eigenvalue weighted by atomic mass is 15.2. The van der Waals surface area contributed by atoms with Gasteiger partial charge in [-0.2, -0.15) is 0 Å². The van der Waals surface area contributed by atoms with Crippen molar-refractivity contribution in [3.8, 4) is 5.69 Å². The molecule has 11 aromatic rings. The molecular formula is C53H34N4. The van der Waals surface area contributed by atoms with Crippen LogP contribution in [0.3, 0.4) is 0 Å². The number of hydrogen-bond acceptors (Lipinski definition) is 3. The van der Waals surface area contributed by atoms with E-state index in [2.05, 4.69) is 204 Å². The average Bonchev–Trinajstić information content (AvgIpc) is 3.64. The van der Waals surface area contributed by atoms with Crippen LogP contribution in [0.25, 0.3) is 81.4 Å². The first-order valence-electron chi connectivity index (χ1n) is 19.5. The molecule has 266 valence electrons. The lowest BCUT2D eigenvalue weighted by molar-refractivity contribution is 0.681. The van der Waals surface area contributed by atoms with Crippen LogP contribution < -0.4 is 5.32 Å². The van der Waals surface area contributed by atoms with Crippen LogP contribution >= 0.6 is 0 Å². The fourth-order valence-corrected chi connectivity index (χ4v) is 9.35. The van der Waals surface area contributed by atoms with Gasteiger partial charge in [0.1, 0.15) is 12.0 Å². The van der Waals surface area contributed by atoms with E-state index in [1.165, 1.54) is 54.1 Å². The van der Waals surface area contributed by atoms with Gasteiger partial charge in [0.05, 0.1) is 11.0 Å². The third-order valence-electron chi connectivity index (χ3n) is 11.8. The van der Waals surface area contributed by atoms with Gasteiger partial charge in [-0.15, -0.1) is 0 Å². The van der Waals surface area contributed by atoms with Gasteiger partial charge < -0.3 is 9.88 Å². The normalized spacial score (nSPS) is 14.5. The quantitative estimate of drug-likeness (QED) is 0.180. The van der Waals surface area contributed by atoms with Gasteiger partial charge in [-0.25, -0.2) is 9.98 Å². The third-order valence-corrected chi connectivity index (χ3v) is 11.8. The molecular weight excluding hydrogens is 693 g/mol. The van der Waals surface area contributed by atoms with E-state index < -0.39 is 6.17 Å². The van der Waals surface area contributed by atoms with E-state index >= 15 is 0 Å². The zero-order chi connectivity index (χ0) is 37.5. The maximum absolute atomic E-state index is 5.54. The molecule has 1 atom stereocenters. The molecule has 12 rings (SSSR count). The molecule has 4 nitrogen and oxygen atoms in total. The number of nitrogens with zero attached hydrogens (tertiary/aromatic N) is 3. The molecule has 4 heteroatoms. The van der Waals surface area contributed by atoms with Crippen molar-refractivity contribution in [1.82, 2.24) is 9.88 Å². The SMILES string of the molecule is c1ccc(-n2c3ccccc3c3c4c5ccccc5c(C5N=C(c6cccc7ccccc67)N=C(c6cccc7ccccc67)N5)cc4c4ccccc4c32)cc1. The molecule has 1 aromatic heterocycles. The van der Waals surface area contributed by atoms with Crippen molar-refractivity contribution >= 4 is 87.3 Å². The van der Waals surface area contributed by atoms with Crippen molar-refractivity contribution in [2.24, 2.45) is 9.98 Å². The van der Waals surface area contributed by atoms with Gasteiger partial charge in [0.2, 0.25) is 0 Å². The Kier molecular flexibility index (Phi) is 6.96. The number of rotatable bonds is 4. The number of fused-ring (bicyclic) bond motifs is 12. The van der Waals surface area contributed by atoms with Crippen LogP contribution in [0.15, 0.2) is 204 Å². The van der Waals surface area contributed by atoms with Crippen molar-refractivity contribution in [3.63, 3.8) is 0 Å². The largest absolute Gasteiger partial charge is 0.344 e. The van der Waals surface area contributed by atoms with Gasteiger partial charge >= 0.3 is 0 Å². The Hall–Kier alpha value is -7.56. The van der Waals surface area contributed by atoms with Crippen LogP contribution in [-0.2, 0) is 0 Å². The second-order valence-electron chi connectivity index (χ2n) is 14.9. The minimum Gasteiger partial charge on any atom is -0.344 e. The standard InChI is InChI=1S/C53H34N4/c1-2-20-35(21-3-1)57-47-31-13-12-28-44(47)49-48-40-26-10-8-24-38(40)46(32-45(48)39-25-9-11-27-41(39)50(49)57)53-55-51(42-29-14-18-33-16-4-6-22-36(33)42)54-52(56-53)43-30-15-19-34-17-5-7-23-37(34)43/h1-32,53H,(H,54,55,56). The lowest BCUT2D eigenvalue weighted by Gasteiger charge is -2.26. The summed E-state index contributed by atoms with van der Waals surface area (Å²) in [5.74, 6) is 1.53. The van der Waals surface area contributed by atoms with E-state index in [-0.39, 0.29) is 0 Å². The molecule has 0 radical (unpaired) electrons.